The maximum absolute atomic E-state index is 6.81. The van der Waals surface area contributed by atoms with Crippen LogP contribution < -0.4 is 4.74 Å². The van der Waals surface area contributed by atoms with E-state index in [4.69, 9.17) is 14.8 Å². The molecule has 0 aliphatic heterocycles. The van der Waals surface area contributed by atoms with Gasteiger partial charge < -0.3 is 9.30 Å². The fraction of sp³-hybridized carbons (Fsp3) is 0.185. The molecule has 10 rings (SSSR count). The molecule has 6 aromatic carbocycles. The monoisotopic (exact) mass is 783 g/mol. The molecule has 60 heavy (non-hydrogen) atoms. The van der Waals surface area contributed by atoms with Crippen molar-refractivity contribution in [1.82, 2.24) is 23.9 Å². The first-order valence-corrected chi connectivity index (χ1v) is 21.1. The highest BCUT2D eigenvalue weighted by Crippen LogP contribution is 2.41. The molecule has 0 saturated carbocycles. The van der Waals surface area contributed by atoms with Crippen LogP contribution in [0.25, 0.3) is 71.9 Å². The van der Waals surface area contributed by atoms with Crippen molar-refractivity contribution in [2.45, 2.75) is 66.7 Å². The third-order valence-electron chi connectivity index (χ3n) is 11.9. The normalized spacial score (nSPS) is 12.1. The molecule has 4 heterocycles. The second-order valence-electron chi connectivity index (χ2n) is 17.0. The quantitative estimate of drug-likeness (QED) is 0.154. The molecule has 0 radical (unpaired) electrons. The van der Waals surface area contributed by atoms with Crippen LogP contribution in [0, 0.1) is 13.8 Å². The Morgan fingerprint density at radius 2 is 1.23 bits per heavy atom. The number of ether oxygens (including phenoxy) is 1. The molecule has 0 fully saturated rings. The van der Waals surface area contributed by atoms with E-state index in [1.807, 2.05) is 6.20 Å². The Bertz CT molecular complexity index is 3200. The molecule has 296 valence electrons. The Hall–Kier alpha value is -6.92. The van der Waals surface area contributed by atoms with Crippen LogP contribution >= 0.6 is 0 Å². The minimum atomic E-state index is -0.168. The highest BCUT2D eigenvalue weighted by atomic mass is 16.5. The molecule has 0 atom stereocenters. The summed E-state index contributed by atoms with van der Waals surface area (Å²) < 4.78 is 13.7. The van der Waals surface area contributed by atoms with Crippen molar-refractivity contribution in [2.24, 2.45) is 0 Å². The molecule has 4 aromatic heterocycles. The molecule has 10 aromatic rings. The van der Waals surface area contributed by atoms with Gasteiger partial charge in [0.1, 0.15) is 17.3 Å². The number of rotatable bonds is 8. The van der Waals surface area contributed by atoms with E-state index >= 15 is 0 Å². The van der Waals surface area contributed by atoms with Gasteiger partial charge in [-0.15, -0.1) is 0 Å². The predicted octanol–water partition coefficient (Wildman–Crippen LogP) is 14.0. The third-order valence-corrected chi connectivity index (χ3v) is 11.9. The van der Waals surface area contributed by atoms with E-state index in [0.29, 0.717) is 0 Å². The van der Waals surface area contributed by atoms with Gasteiger partial charge in [0.05, 0.1) is 44.8 Å². The number of hydrogen-bond acceptors (Lipinski definition) is 3. The van der Waals surface area contributed by atoms with Crippen LogP contribution in [-0.4, -0.2) is 23.9 Å². The summed E-state index contributed by atoms with van der Waals surface area (Å²) in [5, 5.41) is 10.0. The topological polar surface area (TPSA) is 49.8 Å². The van der Waals surface area contributed by atoms with Gasteiger partial charge in [-0.05, 0) is 85.3 Å². The summed E-state index contributed by atoms with van der Waals surface area (Å²) in [6.07, 6.45) is 3.84. The Labute approximate surface area is 351 Å². The minimum absolute atomic E-state index is 0.168. The van der Waals surface area contributed by atoms with E-state index in [0.717, 1.165) is 69.2 Å². The molecule has 0 aliphatic carbocycles. The lowest BCUT2D eigenvalue weighted by molar-refractivity contribution is 0.481. The van der Waals surface area contributed by atoms with Gasteiger partial charge in [0, 0.05) is 56.9 Å². The zero-order valence-electron chi connectivity index (χ0n) is 35.4. The highest BCUT2D eigenvalue weighted by Gasteiger charge is 2.28. The van der Waals surface area contributed by atoms with Crippen LogP contribution in [-0.2, 0) is 18.3 Å². The number of hydrogen-bond donors (Lipinski definition) is 0. The number of pyridine rings is 1. The fourth-order valence-corrected chi connectivity index (χ4v) is 9.42. The highest BCUT2D eigenvalue weighted by molar-refractivity contribution is 6.12. The number of aryl methyl sites for hydroxylation is 4. The molecule has 0 spiro atoms. The van der Waals surface area contributed by atoms with Crippen molar-refractivity contribution in [3.8, 4) is 39.8 Å². The van der Waals surface area contributed by atoms with Gasteiger partial charge in [-0.25, -0.2) is 9.67 Å². The molecule has 6 nitrogen and oxygen atoms in total. The zero-order chi connectivity index (χ0) is 41.3. The SMILES string of the molecule is CCc1cccc2c3cccc(CC)c3n(-c3ccnc(-n4c5ccccc5c5ccc(Oc6cc(C)cc(-n7nc(C)c(-c8ccccc8)c7C(C)(C)C)c6)cc54)c3)c12. The van der Waals surface area contributed by atoms with Crippen LogP contribution in [0.2, 0.25) is 0 Å². The molecule has 0 unspecified atom stereocenters. The summed E-state index contributed by atoms with van der Waals surface area (Å²) in [7, 11) is 0. The smallest absolute Gasteiger partial charge is 0.139 e. The van der Waals surface area contributed by atoms with Crippen molar-refractivity contribution in [2.75, 3.05) is 0 Å². The Kier molecular flexibility index (Phi) is 8.98. The first-order chi connectivity index (χ1) is 29.1. The van der Waals surface area contributed by atoms with Crippen molar-refractivity contribution >= 4 is 43.6 Å². The van der Waals surface area contributed by atoms with Gasteiger partial charge in [0.2, 0.25) is 0 Å². The van der Waals surface area contributed by atoms with Crippen LogP contribution in [0.5, 0.6) is 11.5 Å². The lowest BCUT2D eigenvalue weighted by Crippen LogP contribution is -2.18. The lowest BCUT2D eigenvalue weighted by Gasteiger charge is -2.23. The molecule has 0 amide bonds. The van der Waals surface area contributed by atoms with E-state index in [-0.39, 0.29) is 5.41 Å². The summed E-state index contributed by atoms with van der Waals surface area (Å²) in [6, 6.07) is 49.8. The standard InChI is InChI=1S/C54H49N5O/c1-8-36-19-15-22-45-46-23-16-20-37(9-2)52(46)57(51(36)45)39-27-28-55-49(32-39)58-47-24-14-13-21-43(47)44-26-25-41(33-48(44)58)60-42-30-34(3)29-40(31-42)59-53(54(5,6)7)50(35(4)56-59)38-17-11-10-12-18-38/h10-33H,8-9H2,1-7H3. The average molecular weight is 784 g/mol. The second-order valence-corrected chi connectivity index (χ2v) is 17.0. The average Bonchev–Trinajstić information content (AvgIpc) is 3.91. The summed E-state index contributed by atoms with van der Waals surface area (Å²) >= 11 is 0. The fourth-order valence-electron chi connectivity index (χ4n) is 9.42. The predicted molar refractivity (Wildman–Crippen MR) is 249 cm³/mol. The van der Waals surface area contributed by atoms with E-state index in [2.05, 4.69) is 202 Å². The van der Waals surface area contributed by atoms with Gasteiger partial charge in [-0.3, -0.25) is 4.57 Å². The number of aromatic nitrogens is 5. The third kappa shape index (κ3) is 6.09. The van der Waals surface area contributed by atoms with Crippen molar-refractivity contribution in [3.63, 3.8) is 0 Å². The summed E-state index contributed by atoms with van der Waals surface area (Å²) in [6.45, 7) is 15.5. The van der Waals surface area contributed by atoms with E-state index in [1.165, 1.54) is 55.1 Å². The molecule has 0 saturated heterocycles. The van der Waals surface area contributed by atoms with Gasteiger partial charge in [-0.1, -0.05) is 120 Å². The number of benzene rings is 6. The Morgan fingerprint density at radius 1 is 0.567 bits per heavy atom. The van der Waals surface area contributed by atoms with Crippen LogP contribution in [0.3, 0.4) is 0 Å². The second kappa shape index (κ2) is 14.4. The molecule has 6 heteroatoms. The van der Waals surface area contributed by atoms with Crippen molar-refractivity contribution < 1.29 is 4.74 Å². The molecular weight excluding hydrogens is 735 g/mol. The van der Waals surface area contributed by atoms with Gasteiger partial charge in [-0.2, -0.15) is 5.10 Å². The van der Waals surface area contributed by atoms with Crippen LogP contribution in [0.1, 0.15) is 62.7 Å². The van der Waals surface area contributed by atoms with E-state index < -0.39 is 0 Å². The molecule has 0 N–H and O–H groups in total. The number of fused-ring (bicyclic) bond motifs is 6. The first kappa shape index (κ1) is 37.4. The van der Waals surface area contributed by atoms with E-state index in [9.17, 15) is 0 Å². The van der Waals surface area contributed by atoms with Crippen molar-refractivity contribution in [1.29, 1.82) is 0 Å². The lowest BCUT2D eigenvalue weighted by atomic mass is 9.86. The van der Waals surface area contributed by atoms with Crippen LogP contribution in [0.4, 0.5) is 0 Å². The summed E-state index contributed by atoms with van der Waals surface area (Å²) in [5.41, 5.74) is 14.8. The summed E-state index contributed by atoms with van der Waals surface area (Å²) in [4.78, 5) is 5.07. The number of nitrogens with zero attached hydrogens (tertiary/aromatic N) is 5. The summed E-state index contributed by atoms with van der Waals surface area (Å²) in [5.74, 6) is 2.36. The Balaban J connectivity index is 1.11. The Morgan fingerprint density at radius 3 is 1.93 bits per heavy atom. The van der Waals surface area contributed by atoms with Crippen LogP contribution in [0.15, 0.2) is 146 Å². The molecule has 0 bridgehead atoms. The zero-order valence-corrected chi connectivity index (χ0v) is 35.4. The van der Waals surface area contributed by atoms with E-state index in [1.54, 1.807) is 0 Å². The maximum Gasteiger partial charge on any atom is 0.139 e. The van der Waals surface area contributed by atoms with Gasteiger partial charge >= 0.3 is 0 Å². The number of para-hydroxylation sites is 3. The van der Waals surface area contributed by atoms with Gasteiger partial charge in [0.15, 0.2) is 0 Å². The molecule has 0 aliphatic rings. The van der Waals surface area contributed by atoms with Crippen molar-refractivity contribution in [3.05, 3.63) is 174 Å². The largest absolute Gasteiger partial charge is 0.457 e. The van der Waals surface area contributed by atoms with Gasteiger partial charge in [0.25, 0.3) is 0 Å². The maximum atomic E-state index is 6.81. The minimum Gasteiger partial charge on any atom is -0.457 e. The first-order valence-electron chi connectivity index (χ1n) is 21.1. The molecular formula is C54H49N5O.